The zero-order valence-corrected chi connectivity index (χ0v) is 18.3. The molecule has 1 saturated carbocycles. The van der Waals surface area contributed by atoms with Gasteiger partial charge in [0.2, 0.25) is 5.91 Å². The second-order valence-electron chi connectivity index (χ2n) is 8.39. The van der Waals surface area contributed by atoms with Crippen molar-refractivity contribution in [3.05, 3.63) is 64.8 Å². The molecule has 2 aromatic carbocycles. The van der Waals surface area contributed by atoms with Crippen molar-refractivity contribution >= 4 is 34.4 Å². The minimum Gasteiger partial charge on any atom is -0.478 e. The minimum atomic E-state index is -1.03. The molecule has 0 saturated heterocycles. The van der Waals surface area contributed by atoms with Crippen LogP contribution in [0.2, 0.25) is 0 Å². The van der Waals surface area contributed by atoms with Gasteiger partial charge in [0, 0.05) is 36.8 Å². The van der Waals surface area contributed by atoms with Crippen LogP contribution < -0.4 is 10.6 Å². The number of aromatic nitrogens is 1. The fourth-order valence-electron chi connectivity index (χ4n) is 4.43. The molecule has 32 heavy (non-hydrogen) atoms. The third-order valence-electron chi connectivity index (χ3n) is 6.19. The van der Waals surface area contributed by atoms with E-state index in [1.165, 1.54) is 30.5 Å². The maximum absolute atomic E-state index is 13.2. The largest absolute Gasteiger partial charge is 0.478 e. The summed E-state index contributed by atoms with van der Waals surface area (Å²) < 4.78 is 1.45. The Kier molecular flexibility index (Phi) is 6.10. The van der Waals surface area contributed by atoms with Gasteiger partial charge in [-0.25, -0.2) is 4.79 Å². The van der Waals surface area contributed by atoms with E-state index in [0.717, 1.165) is 18.4 Å². The zero-order chi connectivity index (χ0) is 22.8. The predicted molar refractivity (Wildman–Crippen MR) is 123 cm³/mol. The average Bonchev–Trinajstić information content (AvgIpc) is 3.41. The number of benzene rings is 2. The summed E-state index contributed by atoms with van der Waals surface area (Å²) in [6.45, 7) is 3.67. The average molecular weight is 434 g/mol. The Bertz CT molecular complexity index is 1210. The highest BCUT2D eigenvalue weighted by molar-refractivity contribution is 6.14. The van der Waals surface area contributed by atoms with Crippen molar-refractivity contribution in [2.45, 2.75) is 52.1 Å². The highest BCUT2D eigenvalue weighted by Gasteiger charge is 2.20. The summed E-state index contributed by atoms with van der Waals surface area (Å²) in [4.78, 5) is 37.0. The van der Waals surface area contributed by atoms with Crippen molar-refractivity contribution < 1.29 is 19.5 Å². The van der Waals surface area contributed by atoms with E-state index in [-0.39, 0.29) is 17.4 Å². The molecule has 1 fully saturated rings. The van der Waals surface area contributed by atoms with E-state index in [1.54, 1.807) is 25.1 Å². The third kappa shape index (κ3) is 4.29. The number of carbonyl (C=O) groups is 3. The number of rotatable bonds is 6. The molecule has 4 rings (SSSR count). The van der Waals surface area contributed by atoms with E-state index in [0.29, 0.717) is 40.3 Å². The van der Waals surface area contributed by atoms with Crippen molar-refractivity contribution in [2.24, 2.45) is 0 Å². The molecule has 1 aromatic heterocycles. The summed E-state index contributed by atoms with van der Waals surface area (Å²) in [6.07, 6.45) is 6.20. The molecule has 0 radical (unpaired) electrons. The van der Waals surface area contributed by atoms with Gasteiger partial charge in [0.25, 0.3) is 5.91 Å². The van der Waals surface area contributed by atoms with Gasteiger partial charge < -0.3 is 15.7 Å². The van der Waals surface area contributed by atoms with Crippen LogP contribution in [0.1, 0.15) is 69.2 Å². The van der Waals surface area contributed by atoms with Gasteiger partial charge in [0.05, 0.1) is 16.6 Å². The molecule has 0 bridgehead atoms. The number of anilines is 1. The Morgan fingerprint density at radius 1 is 1.09 bits per heavy atom. The van der Waals surface area contributed by atoms with Crippen LogP contribution in [0, 0.1) is 6.92 Å². The highest BCUT2D eigenvalue weighted by Crippen LogP contribution is 2.26. The second kappa shape index (κ2) is 8.96. The highest BCUT2D eigenvalue weighted by atomic mass is 16.4. The topological polar surface area (TPSA) is 100 Å². The quantitative estimate of drug-likeness (QED) is 0.528. The van der Waals surface area contributed by atoms with Crippen LogP contribution in [0.4, 0.5) is 5.69 Å². The third-order valence-corrected chi connectivity index (χ3v) is 6.19. The number of carboxylic acid groups (broad SMARTS) is 1. The Morgan fingerprint density at radius 3 is 2.50 bits per heavy atom. The van der Waals surface area contributed by atoms with Gasteiger partial charge in [-0.05, 0) is 49.1 Å². The van der Waals surface area contributed by atoms with Gasteiger partial charge in [0.1, 0.15) is 0 Å². The number of amides is 1. The smallest absolute Gasteiger partial charge is 0.336 e. The van der Waals surface area contributed by atoms with Crippen LogP contribution in [-0.2, 0) is 6.54 Å². The Balaban J connectivity index is 1.66. The molecule has 3 aromatic rings. The number of hydrogen-bond acceptors (Lipinski definition) is 4. The number of carbonyl (C=O) groups excluding carboxylic acids is 2. The molecule has 1 aliphatic rings. The van der Waals surface area contributed by atoms with Gasteiger partial charge in [-0.15, -0.1) is 0 Å². The van der Waals surface area contributed by atoms with Crippen LogP contribution in [0.15, 0.2) is 42.6 Å². The van der Waals surface area contributed by atoms with Gasteiger partial charge in [-0.1, -0.05) is 31.0 Å². The first kappa shape index (κ1) is 21.8. The number of carboxylic acids is 1. The summed E-state index contributed by atoms with van der Waals surface area (Å²) >= 11 is 0. The second-order valence-corrected chi connectivity index (χ2v) is 8.39. The first-order chi connectivity index (χ1) is 15.3. The molecule has 7 nitrogen and oxygen atoms in total. The first-order valence-corrected chi connectivity index (χ1v) is 10.9. The van der Waals surface area contributed by atoms with E-state index in [1.807, 2.05) is 18.2 Å². The number of hydrogen-bond donors (Lipinski definition) is 3. The molecule has 1 heterocycles. The van der Waals surface area contributed by atoms with Gasteiger partial charge >= 0.3 is 5.97 Å². The van der Waals surface area contributed by atoms with E-state index in [9.17, 15) is 19.5 Å². The van der Waals surface area contributed by atoms with Crippen LogP contribution in [-0.4, -0.2) is 33.5 Å². The molecule has 1 aliphatic carbocycles. The Morgan fingerprint density at radius 2 is 1.81 bits per heavy atom. The summed E-state index contributed by atoms with van der Waals surface area (Å²) in [5.74, 6) is -1.61. The van der Waals surface area contributed by atoms with Crippen molar-refractivity contribution in [3.8, 4) is 0 Å². The summed E-state index contributed by atoms with van der Waals surface area (Å²) in [5.41, 5.74) is 2.94. The summed E-state index contributed by atoms with van der Waals surface area (Å²) in [7, 11) is 0. The fraction of sp³-hybridized carbons (Fsp3) is 0.320. The molecule has 0 spiro atoms. The maximum Gasteiger partial charge on any atom is 0.336 e. The van der Waals surface area contributed by atoms with Gasteiger partial charge in [-0.3, -0.25) is 14.2 Å². The lowest BCUT2D eigenvalue weighted by molar-refractivity contribution is 0.0695. The van der Waals surface area contributed by atoms with Crippen molar-refractivity contribution in [3.63, 3.8) is 0 Å². The number of para-hydroxylation sites is 1. The molecular weight excluding hydrogens is 406 g/mol. The molecule has 7 heteroatoms. The molecule has 0 unspecified atom stereocenters. The van der Waals surface area contributed by atoms with Gasteiger partial charge in [-0.2, -0.15) is 0 Å². The first-order valence-electron chi connectivity index (χ1n) is 10.9. The molecule has 0 atom stereocenters. The maximum atomic E-state index is 13.2. The Labute approximate surface area is 186 Å². The number of fused-ring (bicyclic) bond motifs is 1. The SMILES string of the molecule is CC(=O)n1cc(C(=O)Nc2cc(CNC3CCCC3)cc(C(=O)O)c2C)c2ccccc21. The predicted octanol–water partition coefficient (Wildman–Crippen LogP) is 4.59. The number of nitrogens with zero attached hydrogens (tertiary/aromatic N) is 1. The lowest BCUT2D eigenvalue weighted by Gasteiger charge is -2.16. The molecule has 0 aliphatic heterocycles. The van der Waals surface area contributed by atoms with Crippen LogP contribution >= 0.6 is 0 Å². The number of aromatic carboxylic acids is 1. The van der Waals surface area contributed by atoms with E-state index >= 15 is 0 Å². The summed E-state index contributed by atoms with van der Waals surface area (Å²) in [6, 6.07) is 11.1. The minimum absolute atomic E-state index is 0.164. The normalized spacial score (nSPS) is 14.1. The monoisotopic (exact) mass is 433 g/mol. The van der Waals surface area contributed by atoms with Crippen molar-refractivity contribution in [1.29, 1.82) is 0 Å². The van der Waals surface area contributed by atoms with E-state index in [2.05, 4.69) is 10.6 Å². The molecule has 3 N–H and O–H groups in total. The lowest BCUT2D eigenvalue weighted by atomic mass is 10.0. The summed E-state index contributed by atoms with van der Waals surface area (Å²) in [5, 5.41) is 16.7. The fourth-order valence-corrected chi connectivity index (χ4v) is 4.43. The van der Waals surface area contributed by atoms with Crippen molar-refractivity contribution in [1.82, 2.24) is 9.88 Å². The van der Waals surface area contributed by atoms with E-state index in [4.69, 9.17) is 0 Å². The molecular formula is C25H27N3O4. The van der Waals surface area contributed by atoms with E-state index < -0.39 is 5.97 Å². The zero-order valence-electron chi connectivity index (χ0n) is 18.3. The standard InChI is InChI=1S/C25H27N3O4/c1-15-20(25(31)32)11-17(13-26-18-7-3-4-8-18)12-22(15)27-24(30)21-14-28(16(2)29)23-10-6-5-9-19(21)23/h5-6,9-12,14,18,26H,3-4,7-8,13H2,1-2H3,(H,27,30)(H,31,32). The van der Waals surface area contributed by atoms with Crippen LogP contribution in [0.5, 0.6) is 0 Å². The Hall–Kier alpha value is -3.45. The van der Waals surface area contributed by atoms with Crippen molar-refractivity contribution in [2.75, 3.05) is 5.32 Å². The molecule has 166 valence electrons. The van der Waals surface area contributed by atoms with Crippen LogP contribution in [0.25, 0.3) is 10.9 Å². The lowest BCUT2D eigenvalue weighted by Crippen LogP contribution is -2.25. The van der Waals surface area contributed by atoms with Crippen LogP contribution in [0.3, 0.4) is 0 Å². The number of nitrogens with one attached hydrogen (secondary N) is 2. The van der Waals surface area contributed by atoms with Gasteiger partial charge in [0.15, 0.2) is 0 Å². The molecule has 1 amide bonds.